The van der Waals surface area contributed by atoms with Gasteiger partial charge in [0.25, 0.3) is 5.91 Å². The standard InChI is InChI=1S/C23H24N4O2/c1-15(2)17-7-10-19(11-8-17)27-23(29)18-9-12-22(24-14-18)26-21-6-4-5-20(13-21)25-16(3)28/h4-15H,1-3H3,(H,24,26)(H,25,28)(H,27,29). The van der Waals surface area contributed by atoms with Crippen molar-refractivity contribution in [1.29, 1.82) is 0 Å². The summed E-state index contributed by atoms with van der Waals surface area (Å²) < 4.78 is 0. The van der Waals surface area contributed by atoms with Crippen LogP contribution < -0.4 is 16.0 Å². The summed E-state index contributed by atoms with van der Waals surface area (Å²) in [4.78, 5) is 27.9. The van der Waals surface area contributed by atoms with Crippen molar-refractivity contribution in [2.45, 2.75) is 26.7 Å². The Morgan fingerprint density at radius 3 is 2.21 bits per heavy atom. The fourth-order valence-corrected chi connectivity index (χ4v) is 2.78. The molecule has 0 radical (unpaired) electrons. The molecule has 0 aliphatic heterocycles. The second-order valence-electron chi connectivity index (χ2n) is 7.05. The van der Waals surface area contributed by atoms with Crippen LogP contribution >= 0.6 is 0 Å². The van der Waals surface area contributed by atoms with Gasteiger partial charge in [-0.3, -0.25) is 9.59 Å². The van der Waals surface area contributed by atoms with E-state index in [0.717, 1.165) is 11.4 Å². The van der Waals surface area contributed by atoms with Gasteiger partial charge in [0.1, 0.15) is 5.82 Å². The number of hydrogen-bond donors (Lipinski definition) is 3. The summed E-state index contributed by atoms with van der Waals surface area (Å²) in [6.45, 7) is 5.72. The van der Waals surface area contributed by atoms with Gasteiger partial charge in [0.2, 0.25) is 5.91 Å². The van der Waals surface area contributed by atoms with Crippen LogP contribution in [-0.4, -0.2) is 16.8 Å². The minimum atomic E-state index is -0.214. The number of aromatic nitrogens is 1. The molecule has 0 atom stereocenters. The third kappa shape index (κ3) is 5.65. The maximum Gasteiger partial charge on any atom is 0.257 e. The first kappa shape index (κ1) is 20.1. The van der Waals surface area contributed by atoms with E-state index < -0.39 is 0 Å². The topological polar surface area (TPSA) is 83.1 Å². The van der Waals surface area contributed by atoms with Gasteiger partial charge in [0, 0.05) is 30.2 Å². The second kappa shape index (κ2) is 9.01. The zero-order chi connectivity index (χ0) is 20.8. The van der Waals surface area contributed by atoms with Crippen molar-refractivity contribution in [2.24, 2.45) is 0 Å². The normalized spacial score (nSPS) is 10.5. The Labute approximate surface area is 170 Å². The summed E-state index contributed by atoms with van der Waals surface area (Å²) in [6, 6.07) is 18.6. The molecule has 0 spiro atoms. The van der Waals surface area contributed by atoms with Crippen LogP contribution in [0.1, 0.15) is 42.6 Å². The first-order valence-corrected chi connectivity index (χ1v) is 9.43. The van der Waals surface area contributed by atoms with Crippen LogP contribution in [0.25, 0.3) is 0 Å². The van der Waals surface area contributed by atoms with E-state index in [2.05, 4.69) is 34.8 Å². The molecule has 0 saturated heterocycles. The zero-order valence-corrected chi connectivity index (χ0v) is 16.7. The van der Waals surface area contributed by atoms with E-state index in [0.29, 0.717) is 23.0 Å². The lowest BCUT2D eigenvalue weighted by Gasteiger charge is -2.10. The largest absolute Gasteiger partial charge is 0.340 e. The molecule has 3 N–H and O–H groups in total. The van der Waals surface area contributed by atoms with E-state index in [1.807, 2.05) is 42.5 Å². The Balaban J connectivity index is 1.63. The van der Waals surface area contributed by atoms with Crippen molar-refractivity contribution in [3.05, 3.63) is 78.0 Å². The maximum absolute atomic E-state index is 12.4. The highest BCUT2D eigenvalue weighted by Crippen LogP contribution is 2.20. The average Bonchev–Trinajstić information content (AvgIpc) is 2.68. The summed E-state index contributed by atoms with van der Waals surface area (Å²) in [7, 11) is 0. The summed E-state index contributed by atoms with van der Waals surface area (Å²) >= 11 is 0. The average molecular weight is 388 g/mol. The molecule has 3 aromatic rings. The molecule has 0 saturated carbocycles. The van der Waals surface area contributed by atoms with E-state index in [-0.39, 0.29) is 11.8 Å². The molecule has 148 valence electrons. The molecule has 3 rings (SSSR count). The zero-order valence-electron chi connectivity index (χ0n) is 16.7. The summed E-state index contributed by atoms with van der Waals surface area (Å²) in [6.07, 6.45) is 1.53. The first-order valence-electron chi connectivity index (χ1n) is 9.43. The highest BCUT2D eigenvalue weighted by atomic mass is 16.2. The van der Waals surface area contributed by atoms with E-state index in [4.69, 9.17) is 0 Å². The van der Waals surface area contributed by atoms with Gasteiger partial charge in [0.05, 0.1) is 5.56 Å². The van der Waals surface area contributed by atoms with Crippen molar-refractivity contribution in [3.8, 4) is 0 Å². The number of carbonyl (C=O) groups is 2. The van der Waals surface area contributed by atoms with Gasteiger partial charge in [-0.1, -0.05) is 32.0 Å². The predicted molar refractivity (Wildman–Crippen MR) is 117 cm³/mol. The molecule has 1 heterocycles. The van der Waals surface area contributed by atoms with Crippen molar-refractivity contribution in [1.82, 2.24) is 4.98 Å². The van der Waals surface area contributed by atoms with Gasteiger partial charge in [-0.15, -0.1) is 0 Å². The Hall–Kier alpha value is -3.67. The Bertz CT molecular complexity index is 996. The van der Waals surface area contributed by atoms with Crippen LogP contribution in [0.5, 0.6) is 0 Å². The summed E-state index contributed by atoms with van der Waals surface area (Å²) in [5, 5.41) is 8.77. The molecular formula is C23H24N4O2. The predicted octanol–water partition coefficient (Wildman–Crippen LogP) is 5.16. The molecule has 0 fully saturated rings. The van der Waals surface area contributed by atoms with Crippen LogP contribution in [-0.2, 0) is 4.79 Å². The molecule has 0 aliphatic rings. The van der Waals surface area contributed by atoms with Gasteiger partial charge in [-0.05, 0) is 53.9 Å². The van der Waals surface area contributed by atoms with E-state index in [9.17, 15) is 9.59 Å². The number of nitrogens with one attached hydrogen (secondary N) is 3. The number of amides is 2. The number of rotatable bonds is 6. The maximum atomic E-state index is 12.4. The first-order chi connectivity index (χ1) is 13.9. The fraction of sp³-hybridized carbons (Fsp3) is 0.174. The van der Waals surface area contributed by atoms with Crippen molar-refractivity contribution >= 4 is 34.7 Å². The van der Waals surface area contributed by atoms with Gasteiger partial charge in [-0.2, -0.15) is 0 Å². The molecule has 2 aromatic carbocycles. The van der Waals surface area contributed by atoms with Crippen LogP contribution in [0.2, 0.25) is 0 Å². The molecule has 0 aliphatic carbocycles. The smallest absolute Gasteiger partial charge is 0.257 e. The highest BCUT2D eigenvalue weighted by Gasteiger charge is 2.08. The van der Waals surface area contributed by atoms with Crippen molar-refractivity contribution < 1.29 is 9.59 Å². The lowest BCUT2D eigenvalue weighted by atomic mass is 10.0. The molecule has 0 unspecified atom stereocenters. The van der Waals surface area contributed by atoms with E-state index in [1.165, 1.54) is 18.7 Å². The summed E-state index contributed by atoms with van der Waals surface area (Å²) in [5.41, 5.74) is 3.92. The van der Waals surface area contributed by atoms with Gasteiger partial charge in [-0.25, -0.2) is 4.98 Å². The minimum Gasteiger partial charge on any atom is -0.340 e. The van der Waals surface area contributed by atoms with Crippen LogP contribution in [0.4, 0.5) is 22.9 Å². The molecule has 6 heteroatoms. The third-order valence-corrected chi connectivity index (χ3v) is 4.32. The molecule has 0 bridgehead atoms. The molecular weight excluding hydrogens is 364 g/mol. The minimum absolute atomic E-state index is 0.130. The van der Waals surface area contributed by atoms with Crippen molar-refractivity contribution in [3.63, 3.8) is 0 Å². The molecule has 1 aromatic heterocycles. The molecule has 2 amide bonds. The van der Waals surface area contributed by atoms with Gasteiger partial charge >= 0.3 is 0 Å². The lowest BCUT2D eigenvalue weighted by molar-refractivity contribution is -0.114. The summed E-state index contributed by atoms with van der Waals surface area (Å²) in [5.74, 6) is 0.703. The molecule has 6 nitrogen and oxygen atoms in total. The van der Waals surface area contributed by atoms with Crippen molar-refractivity contribution in [2.75, 3.05) is 16.0 Å². The van der Waals surface area contributed by atoms with Gasteiger partial charge < -0.3 is 16.0 Å². The SMILES string of the molecule is CC(=O)Nc1cccc(Nc2ccc(C(=O)Nc3ccc(C(C)C)cc3)cn2)c1. The van der Waals surface area contributed by atoms with Crippen LogP contribution in [0.3, 0.4) is 0 Å². The number of anilines is 4. The second-order valence-corrected chi connectivity index (χ2v) is 7.05. The third-order valence-electron chi connectivity index (χ3n) is 4.32. The van der Waals surface area contributed by atoms with E-state index in [1.54, 1.807) is 18.2 Å². The Kier molecular flexibility index (Phi) is 6.24. The fourth-order valence-electron chi connectivity index (χ4n) is 2.78. The number of nitrogens with zero attached hydrogens (tertiary/aromatic N) is 1. The number of carbonyl (C=O) groups excluding carboxylic acids is 2. The Morgan fingerprint density at radius 2 is 1.59 bits per heavy atom. The lowest BCUT2D eigenvalue weighted by Crippen LogP contribution is -2.12. The monoisotopic (exact) mass is 388 g/mol. The van der Waals surface area contributed by atoms with Crippen LogP contribution in [0.15, 0.2) is 66.9 Å². The quantitative estimate of drug-likeness (QED) is 0.545. The number of benzene rings is 2. The number of hydrogen-bond acceptors (Lipinski definition) is 4. The molecule has 29 heavy (non-hydrogen) atoms. The van der Waals surface area contributed by atoms with E-state index >= 15 is 0 Å². The Morgan fingerprint density at radius 1 is 0.862 bits per heavy atom. The number of pyridine rings is 1. The van der Waals surface area contributed by atoms with Gasteiger partial charge in [0.15, 0.2) is 0 Å². The highest BCUT2D eigenvalue weighted by molar-refractivity contribution is 6.04. The van der Waals surface area contributed by atoms with Crippen LogP contribution in [0, 0.1) is 0 Å².